The third-order valence-corrected chi connectivity index (χ3v) is 6.70. The summed E-state index contributed by atoms with van der Waals surface area (Å²) in [7, 11) is 0. The molecular weight excluding hydrogens is 308 g/mol. The van der Waals surface area contributed by atoms with Gasteiger partial charge in [-0.3, -0.25) is 0 Å². The first kappa shape index (κ1) is 20.3. The topological polar surface area (TPSA) is 37.3 Å². The zero-order valence-corrected chi connectivity index (χ0v) is 16.4. The van der Waals surface area contributed by atoms with Crippen molar-refractivity contribution in [3.63, 3.8) is 0 Å². The molecule has 1 N–H and O–H groups in total. The molecule has 2 rings (SSSR count). The van der Waals surface area contributed by atoms with Gasteiger partial charge in [-0.15, -0.1) is 0 Å². The highest BCUT2D eigenvalue weighted by molar-refractivity contribution is 5.87. The van der Waals surface area contributed by atoms with E-state index in [-0.39, 0.29) is 5.92 Å². The molecule has 2 aliphatic rings. The summed E-state index contributed by atoms with van der Waals surface area (Å²) in [4.78, 5) is 11.5. The molecule has 0 heterocycles. The summed E-state index contributed by atoms with van der Waals surface area (Å²) in [5.41, 5.74) is 0.621. The number of unbranched alkanes of at least 4 members (excludes halogenated alkanes) is 2. The number of aliphatic carboxylic acids is 1. The average Bonchev–Trinajstić information content (AvgIpc) is 2.63. The molecule has 0 radical (unpaired) electrons. The van der Waals surface area contributed by atoms with Gasteiger partial charge in [0.2, 0.25) is 0 Å². The number of carboxylic acid groups (broad SMARTS) is 1. The lowest BCUT2D eigenvalue weighted by Gasteiger charge is -2.38. The Balaban J connectivity index is 1.76. The molecule has 0 spiro atoms. The number of hydrogen-bond donors (Lipinski definition) is 1. The smallest absolute Gasteiger partial charge is 0.331 e. The molecular formula is C23H38O2. The van der Waals surface area contributed by atoms with E-state index < -0.39 is 5.97 Å². The molecule has 0 atom stereocenters. The minimum atomic E-state index is -0.728. The molecule has 2 aliphatic carbocycles. The second-order valence-electron chi connectivity index (χ2n) is 8.34. The van der Waals surface area contributed by atoms with Crippen molar-refractivity contribution < 1.29 is 9.90 Å². The molecule has 25 heavy (non-hydrogen) atoms. The van der Waals surface area contributed by atoms with Crippen LogP contribution in [0.15, 0.2) is 23.8 Å². The van der Waals surface area contributed by atoms with Gasteiger partial charge >= 0.3 is 5.97 Å². The van der Waals surface area contributed by atoms with Crippen LogP contribution in [0.5, 0.6) is 0 Å². The molecule has 2 fully saturated rings. The monoisotopic (exact) mass is 346 g/mol. The van der Waals surface area contributed by atoms with E-state index in [0.29, 0.717) is 5.57 Å². The summed E-state index contributed by atoms with van der Waals surface area (Å²) in [6, 6.07) is 0. The standard InChI is InChI=1S/C23H38O2/c1-3-5-7-8-18-10-12-19(13-11-18)20-14-16-21(17-15-20)22(23(24)25)9-6-4-2/h4,6,9,18-21H,3,5,7-8,10-17H2,1-2H3,(H,24,25). The van der Waals surface area contributed by atoms with Crippen LogP contribution in [0, 0.1) is 23.7 Å². The highest BCUT2D eigenvalue weighted by Crippen LogP contribution is 2.43. The molecule has 0 bridgehead atoms. The zero-order chi connectivity index (χ0) is 18.1. The van der Waals surface area contributed by atoms with Crippen molar-refractivity contribution in [3.05, 3.63) is 23.8 Å². The lowest BCUT2D eigenvalue weighted by atomic mass is 9.68. The second kappa shape index (κ2) is 10.8. The van der Waals surface area contributed by atoms with Crippen molar-refractivity contribution in [1.29, 1.82) is 0 Å². The van der Waals surface area contributed by atoms with Crippen molar-refractivity contribution in [2.75, 3.05) is 0 Å². The maximum absolute atomic E-state index is 11.5. The number of rotatable bonds is 8. The molecule has 0 aromatic heterocycles. The van der Waals surface area contributed by atoms with Crippen LogP contribution in [0.4, 0.5) is 0 Å². The van der Waals surface area contributed by atoms with Gasteiger partial charge in [-0.25, -0.2) is 4.79 Å². The Morgan fingerprint density at radius 1 is 0.960 bits per heavy atom. The van der Waals surface area contributed by atoms with Crippen LogP contribution >= 0.6 is 0 Å². The first-order chi connectivity index (χ1) is 12.2. The summed E-state index contributed by atoms with van der Waals surface area (Å²) < 4.78 is 0. The summed E-state index contributed by atoms with van der Waals surface area (Å²) in [6.07, 6.45) is 21.5. The van der Waals surface area contributed by atoms with Gasteiger partial charge in [0, 0.05) is 5.57 Å². The van der Waals surface area contributed by atoms with Crippen LogP contribution in [0.25, 0.3) is 0 Å². The minimum Gasteiger partial charge on any atom is -0.478 e. The highest BCUT2D eigenvalue weighted by atomic mass is 16.4. The number of carbonyl (C=O) groups is 1. The Bertz CT molecular complexity index is 447. The van der Waals surface area contributed by atoms with E-state index in [1.54, 1.807) is 0 Å². The molecule has 142 valence electrons. The number of allylic oxidation sites excluding steroid dienone is 3. The number of carboxylic acids is 1. The fraction of sp³-hybridized carbons (Fsp3) is 0.783. The van der Waals surface area contributed by atoms with E-state index >= 15 is 0 Å². The summed E-state index contributed by atoms with van der Waals surface area (Å²) >= 11 is 0. The number of hydrogen-bond acceptors (Lipinski definition) is 1. The van der Waals surface area contributed by atoms with Gasteiger partial charge in [0.25, 0.3) is 0 Å². The SMILES string of the molecule is CC=CC=C(C(=O)O)C1CCC(C2CCC(CCCCC)CC2)CC1. The van der Waals surface area contributed by atoms with E-state index in [9.17, 15) is 9.90 Å². The Hall–Kier alpha value is -1.05. The summed E-state index contributed by atoms with van der Waals surface area (Å²) in [6.45, 7) is 4.22. The normalized spacial score (nSPS) is 31.4. The van der Waals surface area contributed by atoms with Crippen LogP contribution in [0.3, 0.4) is 0 Å². The van der Waals surface area contributed by atoms with E-state index in [0.717, 1.165) is 30.6 Å². The van der Waals surface area contributed by atoms with Crippen LogP contribution < -0.4 is 0 Å². The third-order valence-electron chi connectivity index (χ3n) is 6.70. The van der Waals surface area contributed by atoms with E-state index in [4.69, 9.17) is 0 Å². The molecule has 0 amide bonds. The van der Waals surface area contributed by atoms with Crippen molar-refractivity contribution in [3.8, 4) is 0 Å². The van der Waals surface area contributed by atoms with Crippen molar-refractivity contribution in [2.45, 2.75) is 90.9 Å². The van der Waals surface area contributed by atoms with Crippen LogP contribution in [-0.2, 0) is 4.79 Å². The second-order valence-corrected chi connectivity index (χ2v) is 8.34. The predicted molar refractivity (Wildman–Crippen MR) is 106 cm³/mol. The van der Waals surface area contributed by atoms with Crippen molar-refractivity contribution in [1.82, 2.24) is 0 Å². The van der Waals surface area contributed by atoms with Gasteiger partial charge in [0.1, 0.15) is 0 Å². The maximum Gasteiger partial charge on any atom is 0.331 e. The van der Waals surface area contributed by atoms with E-state index in [1.807, 2.05) is 25.2 Å². The largest absolute Gasteiger partial charge is 0.478 e. The predicted octanol–water partition coefficient (Wildman–Crippen LogP) is 6.77. The quantitative estimate of drug-likeness (QED) is 0.299. The molecule has 0 saturated heterocycles. The fourth-order valence-electron chi connectivity index (χ4n) is 5.11. The van der Waals surface area contributed by atoms with Gasteiger partial charge in [-0.1, -0.05) is 63.7 Å². The van der Waals surface area contributed by atoms with Crippen LogP contribution in [0.2, 0.25) is 0 Å². The van der Waals surface area contributed by atoms with Gasteiger partial charge in [0.05, 0.1) is 0 Å². The zero-order valence-electron chi connectivity index (χ0n) is 16.4. The van der Waals surface area contributed by atoms with Gasteiger partial charge < -0.3 is 5.11 Å². The first-order valence-electron chi connectivity index (χ1n) is 10.7. The van der Waals surface area contributed by atoms with Crippen molar-refractivity contribution in [2.24, 2.45) is 23.7 Å². The first-order valence-corrected chi connectivity index (χ1v) is 10.7. The van der Waals surface area contributed by atoms with Gasteiger partial charge in [0.15, 0.2) is 0 Å². The maximum atomic E-state index is 11.5. The average molecular weight is 347 g/mol. The Labute approximate surface area is 154 Å². The molecule has 0 aromatic carbocycles. The third kappa shape index (κ3) is 6.31. The Morgan fingerprint density at radius 3 is 2.08 bits per heavy atom. The highest BCUT2D eigenvalue weighted by Gasteiger charge is 2.32. The molecule has 0 aliphatic heterocycles. The lowest BCUT2D eigenvalue weighted by Crippen LogP contribution is -2.27. The molecule has 0 aromatic rings. The van der Waals surface area contributed by atoms with Crippen LogP contribution in [0.1, 0.15) is 90.9 Å². The van der Waals surface area contributed by atoms with Gasteiger partial charge in [-0.2, -0.15) is 0 Å². The van der Waals surface area contributed by atoms with E-state index in [1.165, 1.54) is 64.2 Å². The van der Waals surface area contributed by atoms with Crippen LogP contribution in [-0.4, -0.2) is 11.1 Å². The van der Waals surface area contributed by atoms with E-state index in [2.05, 4.69) is 6.92 Å². The molecule has 2 heteroatoms. The molecule has 2 saturated carbocycles. The Kier molecular flexibility index (Phi) is 8.78. The lowest BCUT2D eigenvalue weighted by molar-refractivity contribution is -0.133. The van der Waals surface area contributed by atoms with Gasteiger partial charge in [-0.05, 0) is 69.1 Å². The Morgan fingerprint density at radius 2 is 1.56 bits per heavy atom. The minimum absolute atomic E-state index is 0.260. The fourth-order valence-corrected chi connectivity index (χ4v) is 5.11. The molecule has 0 unspecified atom stereocenters. The van der Waals surface area contributed by atoms with Crippen molar-refractivity contribution >= 4 is 5.97 Å². The molecule has 2 nitrogen and oxygen atoms in total. The summed E-state index contributed by atoms with van der Waals surface area (Å²) in [5, 5.41) is 9.48. The summed E-state index contributed by atoms with van der Waals surface area (Å²) in [5.74, 6) is 2.28.